The third kappa shape index (κ3) is 4.31. The largest absolute Gasteiger partial charge is 0.481 e. The number of aliphatic hydroxyl groups is 1. The summed E-state index contributed by atoms with van der Waals surface area (Å²) < 4.78 is 11.4. The Morgan fingerprint density at radius 2 is 2.18 bits per heavy atom. The van der Waals surface area contributed by atoms with Crippen LogP contribution in [0.25, 0.3) is 0 Å². The summed E-state index contributed by atoms with van der Waals surface area (Å²) in [7, 11) is 1.60. The first-order valence-corrected chi connectivity index (χ1v) is 12.3. The van der Waals surface area contributed by atoms with Crippen LogP contribution >= 0.6 is 11.3 Å². The molecule has 178 valence electrons. The second-order valence-electron chi connectivity index (χ2n) is 8.99. The van der Waals surface area contributed by atoms with Gasteiger partial charge >= 0.3 is 0 Å². The normalized spacial score (nSPS) is 24.0. The van der Waals surface area contributed by atoms with Crippen LogP contribution in [0.15, 0.2) is 30.7 Å². The second kappa shape index (κ2) is 9.40. The van der Waals surface area contributed by atoms with Gasteiger partial charge in [0.05, 0.1) is 36.0 Å². The molecule has 1 saturated carbocycles. The Kier molecular flexibility index (Phi) is 6.33. The molecule has 34 heavy (non-hydrogen) atoms. The number of pyridine rings is 1. The molecule has 3 aromatic rings. The summed E-state index contributed by atoms with van der Waals surface area (Å²) in [6.45, 7) is 4.62. The molecule has 0 unspecified atom stereocenters. The topological polar surface area (TPSA) is 106 Å². The Morgan fingerprint density at radius 3 is 2.94 bits per heavy atom. The van der Waals surface area contributed by atoms with E-state index in [-0.39, 0.29) is 30.0 Å². The van der Waals surface area contributed by atoms with E-state index in [2.05, 4.69) is 20.3 Å². The van der Waals surface area contributed by atoms with Crippen molar-refractivity contribution < 1.29 is 19.4 Å². The summed E-state index contributed by atoms with van der Waals surface area (Å²) in [6.07, 6.45) is 4.56. The molecular formula is C25H28N4O4S. The highest BCUT2D eigenvalue weighted by Crippen LogP contribution is 2.38. The van der Waals surface area contributed by atoms with Crippen molar-refractivity contribution in [3.63, 3.8) is 0 Å². The van der Waals surface area contributed by atoms with Crippen molar-refractivity contribution in [2.24, 2.45) is 5.92 Å². The van der Waals surface area contributed by atoms with E-state index in [0.717, 1.165) is 34.5 Å². The molecule has 4 heterocycles. The molecule has 2 aliphatic rings. The Hall–Kier alpha value is -2.88. The maximum atomic E-state index is 13.5. The van der Waals surface area contributed by atoms with Gasteiger partial charge in [-0.1, -0.05) is 13.0 Å². The van der Waals surface area contributed by atoms with Gasteiger partial charge in [-0.25, -0.2) is 15.0 Å². The molecule has 5 rings (SSSR count). The van der Waals surface area contributed by atoms with E-state index in [1.54, 1.807) is 13.3 Å². The predicted octanol–water partition coefficient (Wildman–Crippen LogP) is 3.71. The fourth-order valence-corrected chi connectivity index (χ4v) is 5.79. The number of methoxy groups -OCH3 is 1. The monoisotopic (exact) mass is 480 g/mol. The maximum absolute atomic E-state index is 13.5. The van der Waals surface area contributed by atoms with E-state index in [4.69, 9.17) is 9.47 Å². The lowest BCUT2D eigenvalue weighted by Gasteiger charge is -2.25. The summed E-state index contributed by atoms with van der Waals surface area (Å²) in [6, 6.07) is 5.87. The van der Waals surface area contributed by atoms with E-state index >= 15 is 0 Å². The van der Waals surface area contributed by atoms with Crippen LogP contribution in [0, 0.1) is 12.8 Å². The number of thiophene rings is 1. The van der Waals surface area contributed by atoms with Gasteiger partial charge in [-0.15, -0.1) is 11.3 Å². The zero-order valence-corrected chi connectivity index (χ0v) is 20.3. The fourth-order valence-electron chi connectivity index (χ4n) is 4.79. The van der Waals surface area contributed by atoms with Crippen LogP contribution in [0.2, 0.25) is 0 Å². The number of anilines is 1. The van der Waals surface area contributed by atoms with Gasteiger partial charge in [0.1, 0.15) is 18.2 Å². The van der Waals surface area contributed by atoms with Crippen LogP contribution in [-0.4, -0.2) is 51.7 Å². The molecule has 9 heteroatoms. The van der Waals surface area contributed by atoms with Gasteiger partial charge in [-0.2, -0.15) is 0 Å². The molecule has 1 aliphatic heterocycles. The molecule has 0 aromatic carbocycles. The first-order chi connectivity index (χ1) is 16.4. The first-order valence-electron chi connectivity index (χ1n) is 11.5. The predicted molar refractivity (Wildman–Crippen MR) is 129 cm³/mol. The molecule has 1 fully saturated rings. The number of fused-ring (bicyclic) bond motifs is 1. The third-order valence-electron chi connectivity index (χ3n) is 6.70. The first kappa shape index (κ1) is 22.9. The number of aryl methyl sites for hydroxylation is 1. The molecule has 0 spiro atoms. The highest BCUT2D eigenvalue weighted by Gasteiger charge is 2.32. The average molecular weight is 481 g/mol. The number of hydrogen-bond donors (Lipinski definition) is 2. The molecular weight excluding hydrogens is 452 g/mol. The van der Waals surface area contributed by atoms with Gasteiger partial charge in [0.25, 0.3) is 0 Å². The van der Waals surface area contributed by atoms with Gasteiger partial charge in [0.15, 0.2) is 0 Å². The lowest BCUT2D eigenvalue weighted by Crippen LogP contribution is -2.20. The Labute approximate surface area is 202 Å². The van der Waals surface area contributed by atoms with E-state index in [1.807, 2.05) is 32.0 Å². The molecule has 0 bridgehead atoms. The number of hydrogen-bond acceptors (Lipinski definition) is 9. The summed E-state index contributed by atoms with van der Waals surface area (Å²) in [5.41, 5.74) is 3.33. The van der Waals surface area contributed by atoms with E-state index < -0.39 is 0 Å². The quantitative estimate of drug-likeness (QED) is 0.514. The van der Waals surface area contributed by atoms with Crippen molar-refractivity contribution >= 4 is 22.9 Å². The maximum Gasteiger partial charge on any atom is 0.213 e. The molecule has 0 amide bonds. The molecule has 1 aliphatic carbocycles. The van der Waals surface area contributed by atoms with Crippen LogP contribution in [-0.2, 0) is 11.2 Å². The number of ether oxygens (including phenoxy) is 2. The third-order valence-corrected chi connectivity index (χ3v) is 7.76. The SMILES string of the molecule is COc1ccc2c(n1)[C@H](c1cc(C(=O)c3cncnc3N[C@@H]3C[C@@H](C)[C@H](O)C3)sc1C)OCC2. The minimum atomic E-state index is -0.345. The van der Waals surface area contributed by atoms with Gasteiger partial charge in [-0.3, -0.25) is 4.79 Å². The Morgan fingerprint density at radius 1 is 1.32 bits per heavy atom. The van der Waals surface area contributed by atoms with E-state index in [0.29, 0.717) is 35.2 Å². The average Bonchev–Trinajstić information content (AvgIpc) is 3.39. The zero-order valence-electron chi connectivity index (χ0n) is 19.4. The Balaban J connectivity index is 1.43. The lowest BCUT2D eigenvalue weighted by atomic mass is 9.97. The summed E-state index contributed by atoms with van der Waals surface area (Å²) in [5, 5.41) is 13.5. The molecule has 2 N–H and O–H groups in total. The lowest BCUT2D eigenvalue weighted by molar-refractivity contribution is 0.0658. The fraction of sp³-hybridized carbons (Fsp3) is 0.440. The number of aliphatic hydroxyl groups excluding tert-OH is 1. The highest BCUT2D eigenvalue weighted by atomic mass is 32.1. The number of ketones is 1. The number of nitrogens with one attached hydrogen (secondary N) is 1. The Bertz CT molecular complexity index is 1200. The van der Waals surface area contributed by atoms with Crippen molar-refractivity contribution in [3.8, 4) is 5.88 Å². The van der Waals surface area contributed by atoms with Crippen LogP contribution in [0.5, 0.6) is 5.88 Å². The number of nitrogens with zero attached hydrogens (tertiary/aromatic N) is 3. The summed E-state index contributed by atoms with van der Waals surface area (Å²) in [4.78, 5) is 28.2. The molecule has 0 saturated heterocycles. The summed E-state index contributed by atoms with van der Waals surface area (Å²) in [5.74, 6) is 1.13. The molecule has 8 nitrogen and oxygen atoms in total. The molecule has 0 radical (unpaired) electrons. The molecule has 4 atom stereocenters. The van der Waals surface area contributed by atoms with Crippen LogP contribution in [0.1, 0.15) is 62.8 Å². The molecule has 3 aromatic heterocycles. The number of rotatable bonds is 6. The minimum absolute atomic E-state index is 0.0697. The van der Waals surface area contributed by atoms with Crippen molar-refractivity contribution in [2.75, 3.05) is 19.0 Å². The highest BCUT2D eigenvalue weighted by molar-refractivity contribution is 7.14. The van der Waals surface area contributed by atoms with Gasteiger partial charge in [0, 0.05) is 28.7 Å². The van der Waals surface area contributed by atoms with Crippen molar-refractivity contribution in [1.82, 2.24) is 15.0 Å². The van der Waals surface area contributed by atoms with Crippen molar-refractivity contribution in [2.45, 2.75) is 51.4 Å². The zero-order chi connectivity index (χ0) is 23.8. The van der Waals surface area contributed by atoms with Crippen molar-refractivity contribution in [3.05, 3.63) is 62.9 Å². The van der Waals surface area contributed by atoms with Crippen LogP contribution in [0.4, 0.5) is 5.82 Å². The minimum Gasteiger partial charge on any atom is -0.481 e. The van der Waals surface area contributed by atoms with Crippen LogP contribution in [0.3, 0.4) is 0 Å². The number of aromatic nitrogens is 3. The van der Waals surface area contributed by atoms with Gasteiger partial charge < -0.3 is 19.9 Å². The van der Waals surface area contributed by atoms with Crippen molar-refractivity contribution in [1.29, 1.82) is 0 Å². The van der Waals surface area contributed by atoms with Gasteiger partial charge in [0.2, 0.25) is 11.7 Å². The van der Waals surface area contributed by atoms with E-state index in [1.165, 1.54) is 17.7 Å². The number of carbonyl (C=O) groups is 1. The second-order valence-corrected chi connectivity index (χ2v) is 10.2. The number of carbonyl (C=O) groups excluding carboxylic acids is 1. The van der Waals surface area contributed by atoms with E-state index in [9.17, 15) is 9.90 Å². The smallest absolute Gasteiger partial charge is 0.213 e. The summed E-state index contributed by atoms with van der Waals surface area (Å²) >= 11 is 1.44. The van der Waals surface area contributed by atoms with Crippen LogP contribution < -0.4 is 10.1 Å². The van der Waals surface area contributed by atoms with Gasteiger partial charge in [-0.05, 0) is 43.7 Å². The standard InChI is InChI=1S/C25H28N4O4S/c1-13-8-16(9-19(13)30)28-25-18(11-26-12-27-25)23(31)20-10-17(14(2)34-20)24-22-15(6-7-33-24)4-5-21(29-22)32-3/h4-5,10-13,16,19,24,30H,6-9H2,1-3H3,(H,26,27,28)/t13-,16-,19-,24+/m1/s1.